The molecule has 0 rings (SSSR count). The van der Waals surface area contributed by atoms with Crippen molar-refractivity contribution in [1.29, 1.82) is 5.26 Å². The van der Waals surface area contributed by atoms with E-state index in [2.05, 4.69) is 15.5 Å². The summed E-state index contributed by atoms with van der Waals surface area (Å²) in [5, 5.41) is 8.53. The molecule has 0 spiro atoms. The molecule has 8 N–H and O–H groups in total. The third kappa shape index (κ3) is 2730. The van der Waals surface area contributed by atoms with Crippen molar-refractivity contribution in [2.75, 3.05) is 0 Å². The number of hydrogen-bond acceptors (Lipinski definition) is 1. The first kappa shape index (κ1) is 69.6. The van der Waals surface area contributed by atoms with Crippen molar-refractivity contribution >= 4 is 0 Å². The molecule has 0 aromatic carbocycles. The van der Waals surface area contributed by atoms with E-state index in [1.165, 1.54) is 5.04 Å². The van der Waals surface area contributed by atoms with Crippen molar-refractivity contribution < 1.29 is 37.4 Å². The van der Waals surface area contributed by atoms with Gasteiger partial charge in [0, 0.05) is 0 Å². The van der Waals surface area contributed by atoms with Gasteiger partial charge in [-0.25, -0.2) is 0 Å². The van der Waals surface area contributed by atoms with Gasteiger partial charge in [0.1, 0.15) is 0 Å². The zero-order chi connectivity index (χ0) is 2.71. The molecular weight excluding hydrogens is 149 g/mol. The standard InChI is InChI=1S/CN.Ni.4H2O/c1-2;;;;;/h;;4*1H2. The summed E-state index contributed by atoms with van der Waals surface area (Å²) in [7, 11) is 0. The van der Waals surface area contributed by atoms with E-state index in [9.17, 15) is 0 Å². The van der Waals surface area contributed by atoms with E-state index in [0.717, 1.165) is 0 Å². The molecule has 0 aromatic rings. The average Bonchev–Trinajstić information content (AvgIpc) is 0.918. The maximum Gasteiger partial charge on any atom is -0.412 e. The fourth-order valence-corrected chi connectivity index (χ4v) is 0. The van der Waals surface area contributed by atoms with Crippen LogP contribution in [0.2, 0.25) is 0 Å². The van der Waals surface area contributed by atoms with Crippen molar-refractivity contribution in [1.82, 2.24) is 0 Å². The Bertz CT molecular complexity index is 33.2. The molecule has 0 unspecified atom stereocenters. The van der Waals surface area contributed by atoms with Gasteiger partial charge in [-0.3, -0.25) is 0 Å². The maximum atomic E-state index is 7.15. The maximum absolute atomic E-state index is 7.15. The zero-order valence-electron chi connectivity index (χ0n) is 3.26. The van der Waals surface area contributed by atoms with E-state index in [4.69, 9.17) is 5.26 Å². The van der Waals surface area contributed by atoms with Gasteiger partial charge < -0.3 is 21.9 Å². The van der Waals surface area contributed by atoms with Crippen LogP contribution < -0.4 is 0 Å². The molecule has 0 aliphatic rings. The smallest absolute Gasteiger partial charge is 0.412 e. The quantitative estimate of drug-likeness (QED) is 0.332. The Morgan fingerprint density at radius 1 is 1.00 bits per heavy atom. The minimum absolute atomic E-state index is 0. The first-order valence-electron chi connectivity index (χ1n) is 0.382. The van der Waals surface area contributed by atoms with E-state index < -0.39 is 0 Å². The molecule has 0 heterocycles. The monoisotopic (exact) mass is 156 g/mol. The molecule has 51 valence electrons. The molecule has 0 bridgehead atoms. The first-order valence-corrected chi connectivity index (χ1v) is 0.876. The largest absolute Gasteiger partial charge is 0.412 e. The number of nitrogens with zero attached hydrogens (tertiary/aromatic N) is 1. The normalized spacial score (nSPS) is 1.29. The minimum atomic E-state index is 0. The van der Waals surface area contributed by atoms with E-state index in [1.54, 1.807) is 0 Å². The fourth-order valence-electron chi connectivity index (χ4n) is 0. The molecule has 0 radical (unpaired) electrons. The third-order valence-electron chi connectivity index (χ3n) is 0. The van der Waals surface area contributed by atoms with Crippen LogP contribution in [0.4, 0.5) is 0 Å². The van der Waals surface area contributed by atoms with Gasteiger partial charge in [-0.05, 0) is 0 Å². The summed E-state index contributed by atoms with van der Waals surface area (Å²) in [6.45, 7) is 0. The van der Waals surface area contributed by atoms with Crippen LogP contribution in [0.5, 0.6) is 0 Å². The van der Waals surface area contributed by atoms with Crippen LogP contribution >= 0.6 is 0 Å². The van der Waals surface area contributed by atoms with Gasteiger partial charge >= 0.3 is 25.8 Å². The summed E-state index contributed by atoms with van der Waals surface area (Å²) < 4.78 is 0. The zero-order valence-corrected chi connectivity index (χ0v) is 4.25. The van der Waals surface area contributed by atoms with Crippen molar-refractivity contribution in [3.05, 3.63) is 0 Å². The Labute approximate surface area is 48.5 Å². The summed E-state index contributed by atoms with van der Waals surface area (Å²) in [5.41, 5.74) is 0. The SMILES string of the molecule is N#[C][Ni].O.O.O.O. The number of rotatable bonds is 0. The Hall–Kier alpha value is -0.176. The average molecular weight is 157 g/mol. The van der Waals surface area contributed by atoms with Gasteiger partial charge in [-0.2, -0.15) is 0 Å². The molecule has 0 atom stereocenters. The Morgan fingerprint density at radius 2 is 1.00 bits per heavy atom. The Morgan fingerprint density at radius 3 is 1.00 bits per heavy atom. The third-order valence-corrected chi connectivity index (χ3v) is 0. The molecule has 0 aliphatic carbocycles. The second-order valence-electron chi connectivity index (χ2n) is 0.0707. The van der Waals surface area contributed by atoms with Crippen molar-refractivity contribution in [2.45, 2.75) is 0 Å². The van der Waals surface area contributed by atoms with E-state index >= 15 is 0 Å². The summed E-state index contributed by atoms with van der Waals surface area (Å²) in [6.07, 6.45) is 0. The van der Waals surface area contributed by atoms with Gasteiger partial charge in [-0.1, -0.05) is 0 Å². The van der Waals surface area contributed by atoms with Crippen LogP contribution in [0, 0.1) is 10.3 Å². The van der Waals surface area contributed by atoms with Gasteiger partial charge in [0.2, 0.25) is 0 Å². The fraction of sp³-hybridized carbons (Fsp3) is 0. The molecule has 0 fully saturated rings. The topological polar surface area (TPSA) is 150 Å². The summed E-state index contributed by atoms with van der Waals surface area (Å²) in [4.78, 5) is 0. The van der Waals surface area contributed by atoms with Crippen LogP contribution in [0.25, 0.3) is 0 Å². The summed E-state index contributed by atoms with van der Waals surface area (Å²) >= 11 is 3.47. The van der Waals surface area contributed by atoms with Gasteiger partial charge in [0.15, 0.2) is 0 Å². The van der Waals surface area contributed by atoms with Crippen molar-refractivity contribution in [2.24, 2.45) is 0 Å². The predicted octanol–water partition coefficient (Wildman–Crippen LogP) is -3.28. The number of hydrogen-bond donors (Lipinski definition) is 0. The molecule has 5 nitrogen and oxygen atoms in total. The summed E-state index contributed by atoms with van der Waals surface area (Å²) in [6, 6.07) is 0. The molecule has 0 saturated heterocycles. The van der Waals surface area contributed by atoms with Gasteiger partial charge in [0.05, 0.1) is 0 Å². The molecule has 6 heteroatoms. The molecule has 0 saturated carbocycles. The number of nitriles is 1. The summed E-state index contributed by atoms with van der Waals surface area (Å²) in [5.74, 6) is 0. The second-order valence-corrected chi connectivity index (χ2v) is 0.292. The van der Waals surface area contributed by atoms with E-state index in [0.29, 0.717) is 0 Å². The molecule has 0 aliphatic heterocycles. The molecule has 0 aromatic heterocycles. The van der Waals surface area contributed by atoms with E-state index in [1.807, 2.05) is 0 Å². The van der Waals surface area contributed by atoms with Gasteiger partial charge in [-0.15, -0.1) is 0 Å². The van der Waals surface area contributed by atoms with Crippen LogP contribution in [0.15, 0.2) is 0 Å². The molecular formula is CH8NNiO4. The van der Waals surface area contributed by atoms with E-state index in [-0.39, 0.29) is 21.9 Å². The Kier molecular flexibility index (Phi) is 1990. The van der Waals surface area contributed by atoms with Crippen LogP contribution in [-0.4, -0.2) is 21.9 Å². The minimum Gasteiger partial charge on any atom is -0.412 e. The van der Waals surface area contributed by atoms with Crippen LogP contribution in [0.1, 0.15) is 0 Å². The van der Waals surface area contributed by atoms with Crippen LogP contribution in [0.3, 0.4) is 0 Å². The van der Waals surface area contributed by atoms with Crippen LogP contribution in [-0.2, 0) is 15.5 Å². The first-order chi connectivity index (χ1) is 1.41. The molecule has 7 heavy (non-hydrogen) atoms. The van der Waals surface area contributed by atoms with Crippen molar-refractivity contribution in [3.8, 4) is 5.04 Å². The predicted molar refractivity (Wildman–Crippen MR) is 20.1 cm³/mol. The van der Waals surface area contributed by atoms with Crippen molar-refractivity contribution in [3.63, 3.8) is 0 Å². The van der Waals surface area contributed by atoms with Gasteiger partial charge in [0.25, 0.3) is 0 Å². The molecule has 0 amide bonds. The second kappa shape index (κ2) is 200. The Balaban J connectivity index is -0.00000000333.